The molecule has 25 heavy (non-hydrogen) atoms. The molecule has 2 aliphatic rings. The summed E-state index contributed by atoms with van der Waals surface area (Å²) in [5, 5.41) is 5.79. The number of nitrogens with zero attached hydrogens (tertiary/aromatic N) is 1. The Hall–Kier alpha value is -2.44. The van der Waals surface area contributed by atoms with E-state index < -0.39 is 0 Å². The van der Waals surface area contributed by atoms with Crippen molar-refractivity contribution in [3.8, 4) is 11.5 Å². The molecule has 0 bridgehead atoms. The minimum absolute atomic E-state index is 0.0697. The zero-order valence-corrected chi connectivity index (χ0v) is 14.5. The molecule has 0 spiro atoms. The van der Waals surface area contributed by atoms with Gasteiger partial charge in [0.05, 0.1) is 13.2 Å². The van der Waals surface area contributed by atoms with Gasteiger partial charge in [-0.15, -0.1) is 0 Å². The van der Waals surface area contributed by atoms with Crippen LogP contribution in [-0.2, 0) is 11.2 Å². The van der Waals surface area contributed by atoms with Gasteiger partial charge in [0.2, 0.25) is 5.91 Å². The highest BCUT2D eigenvalue weighted by Crippen LogP contribution is 2.28. The first-order valence-corrected chi connectivity index (χ1v) is 8.77. The molecule has 1 aromatic rings. The number of benzene rings is 1. The number of rotatable bonds is 6. The predicted octanol–water partition coefficient (Wildman–Crippen LogP) is 1.31. The third kappa shape index (κ3) is 4.55. The summed E-state index contributed by atoms with van der Waals surface area (Å²) in [5.74, 6) is 1.84. The van der Waals surface area contributed by atoms with Gasteiger partial charge in [-0.05, 0) is 43.0 Å². The second-order valence-corrected chi connectivity index (χ2v) is 6.42. The molecular weight excluding hydrogens is 322 g/mol. The highest BCUT2D eigenvalue weighted by Gasteiger charge is 2.22. The van der Waals surface area contributed by atoms with Crippen molar-refractivity contribution < 1.29 is 19.1 Å². The Labute approximate surface area is 147 Å². The van der Waals surface area contributed by atoms with Crippen LogP contribution in [0.5, 0.6) is 11.5 Å². The quantitative estimate of drug-likeness (QED) is 0.761. The summed E-state index contributed by atoms with van der Waals surface area (Å²) in [6.07, 6.45) is 3.07. The maximum Gasteiger partial charge on any atom is 0.315 e. The molecule has 0 aliphatic carbocycles. The van der Waals surface area contributed by atoms with Crippen LogP contribution in [0.1, 0.15) is 24.8 Å². The number of nitrogens with one attached hydrogen (secondary N) is 2. The van der Waals surface area contributed by atoms with Crippen LogP contribution in [0.25, 0.3) is 0 Å². The molecular formula is C18H25N3O4. The lowest BCUT2D eigenvalue weighted by Crippen LogP contribution is -2.47. The Bertz CT molecular complexity index is 635. The fourth-order valence-electron chi connectivity index (χ4n) is 3.24. The zero-order chi connectivity index (χ0) is 17.6. The van der Waals surface area contributed by atoms with Crippen LogP contribution in [0.4, 0.5) is 4.79 Å². The molecule has 0 unspecified atom stereocenters. The molecule has 7 heteroatoms. The molecule has 1 aromatic carbocycles. The highest BCUT2D eigenvalue weighted by atomic mass is 16.5. The summed E-state index contributed by atoms with van der Waals surface area (Å²) in [6.45, 7) is 2.55. The van der Waals surface area contributed by atoms with Gasteiger partial charge in [0.1, 0.15) is 18.1 Å². The van der Waals surface area contributed by atoms with Crippen LogP contribution in [-0.4, -0.2) is 56.2 Å². The first-order valence-electron chi connectivity index (χ1n) is 8.77. The van der Waals surface area contributed by atoms with E-state index >= 15 is 0 Å². The normalized spacial score (nSPS) is 19.2. The van der Waals surface area contributed by atoms with Gasteiger partial charge in [-0.3, -0.25) is 4.79 Å². The van der Waals surface area contributed by atoms with Crippen LogP contribution >= 0.6 is 0 Å². The van der Waals surface area contributed by atoms with Crippen LogP contribution in [0.2, 0.25) is 0 Å². The molecule has 2 N–H and O–H groups in total. The Morgan fingerprint density at radius 3 is 3.08 bits per heavy atom. The second kappa shape index (κ2) is 8.09. The van der Waals surface area contributed by atoms with E-state index in [1.54, 1.807) is 7.11 Å². The first-order chi connectivity index (χ1) is 12.2. The van der Waals surface area contributed by atoms with E-state index in [9.17, 15) is 9.59 Å². The van der Waals surface area contributed by atoms with Crippen LogP contribution in [0.3, 0.4) is 0 Å². The average Bonchev–Trinajstić information content (AvgIpc) is 3.03. The van der Waals surface area contributed by atoms with Crippen LogP contribution in [0, 0.1) is 0 Å². The minimum Gasteiger partial charge on any atom is -0.497 e. The third-order valence-corrected chi connectivity index (χ3v) is 4.57. The number of hydrogen-bond donors (Lipinski definition) is 2. The molecule has 2 aliphatic heterocycles. The lowest BCUT2D eigenvalue weighted by atomic mass is 10.0. The molecule has 0 radical (unpaired) electrons. The van der Waals surface area contributed by atoms with E-state index in [2.05, 4.69) is 10.6 Å². The second-order valence-electron chi connectivity index (χ2n) is 6.42. The van der Waals surface area contributed by atoms with Crippen molar-refractivity contribution in [1.82, 2.24) is 15.5 Å². The Morgan fingerprint density at radius 2 is 2.32 bits per heavy atom. The summed E-state index contributed by atoms with van der Waals surface area (Å²) < 4.78 is 10.9. The molecule has 0 aromatic heterocycles. The summed E-state index contributed by atoms with van der Waals surface area (Å²) in [4.78, 5) is 25.4. The summed E-state index contributed by atoms with van der Waals surface area (Å²) >= 11 is 0. The summed E-state index contributed by atoms with van der Waals surface area (Å²) in [7, 11) is 1.63. The number of carbonyl (C=O) groups is 2. The smallest absolute Gasteiger partial charge is 0.315 e. The van der Waals surface area contributed by atoms with Crippen molar-refractivity contribution in [1.29, 1.82) is 0 Å². The van der Waals surface area contributed by atoms with Gasteiger partial charge in [0, 0.05) is 26.1 Å². The number of likely N-dealkylation sites (tertiary alicyclic amines) is 1. The zero-order valence-electron chi connectivity index (χ0n) is 14.5. The topological polar surface area (TPSA) is 79.9 Å². The van der Waals surface area contributed by atoms with Gasteiger partial charge in [-0.1, -0.05) is 0 Å². The van der Waals surface area contributed by atoms with Crippen molar-refractivity contribution in [2.75, 3.05) is 33.4 Å². The van der Waals surface area contributed by atoms with Crippen LogP contribution in [0.15, 0.2) is 18.2 Å². The van der Waals surface area contributed by atoms with Crippen molar-refractivity contribution in [2.45, 2.75) is 31.7 Å². The Kier molecular flexibility index (Phi) is 5.63. The van der Waals surface area contributed by atoms with Crippen molar-refractivity contribution in [2.24, 2.45) is 0 Å². The number of fused-ring (bicyclic) bond motifs is 1. The number of amides is 3. The van der Waals surface area contributed by atoms with Gasteiger partial charge >= 0.3 is 6.03 Å². The molecule has 0 saturated carbocycles. The maximum atomic E-state index is 12.0. The fourth-order valence-corrected chi connectivity index (χ4v) is 3.24. The largest absolute Gasteiger partial charge is 0.497 e. The number of ether oxygens (including phenoxy) is 2. The lowest BCUT2D eigenvalue weighted by Gasteiger charge is -2.26. The van der Waals surface area contributed by atoms with Crippen molar-refractivity contribution in [3.05, 3.63) is 23.8 Å². The molecule has 1 saturated heterocycles. The number of urea groups is 1. The van der Waals surface area contributed by atoms with E-state index in [1.165, 1.54) is 0 Å². The summed E-state index contributed by atoms with van der Waals surface area (Å²) in [5.41, 5.74) is 1.03. The molecule has 2 heterocycles. The fraction of sp³-hybridized carbons (Fsp3) is 0.556. The standard InChI is InChI=1S/C18H25N3O4/c1-24-15-5-6-16-13(11-15)10-14(12-25-16)20-18(23)19-7-3-9-21-8-2-4-17(21)22/h5-6,11,14H,2-4,7-10,12H2,1H3,(H2,19,20,23)/t14-/m0/s1. The van der Waals surface area contributed by atoms with E-state index in [4.69, 9.17) is 9.47 Å². The van der Waals surface area contributed by atoms with Crippen molar-refractivity contribution >= 4 is 11.9 Å². The average molecular weight is 347 g/mol. The molecule has 1 fully saturated rings. The SMILES string of the molecule is COc1ccc2c(c1)C[C@H](NC(=O)NCCCN1CCCC1=O)CO2. The van der Waals surface area contributed by atoms with E-state index in [0.717, 1.165) is 36.4 Å². The van der Waals surface area contributed by atoms with Crippen LogP contribution < -0.4 is 20.1 Å². The lowest BCUT2D eigenvalue weighted by molar-refractivity contribution is -0.127. The number of hydrogen-bond acceptors (Lipinski definition) is 4. The number of methoxy groups -OCH3 is 1. The van der Waals surface area contributed by atoms with E-state index in [1.807, 2.05) is 23.1 Å². The third-order valence-electron chi connectivity index (χ3n) is 4.57. The van der Waals surface area contributed by atoms with Gasteiger partial charge in [0.25, 0.3) is 0 Å². The molecule has 3 amide bonds. The predicted molar refractivity (Wildman–Crippen MR) is 92.9 cm³/mol. The van der Waals surface area contributed by atoms with Gasteiger partial charge in [-0.25, -0.2) is 4.79 Å². The van der Waals surface area contributed by atoms with E-state index in [-0.39, 0.29) is 18.0 Å². The summed E-state index contributed by atoms with van der Waals surface area (Å²) in [6, 6.07) is 5.43. The Balaban J connectivity index is 1.38. The van der Waals surface area contributed by atoms with E-state index in [0.29, 0.717) is 32.5 Å². The monoisotopic (exact) mass is 347 g/mol. The Morgan fingerprint density at radius 1 is 1.44 bits per heavy atom. The molecule has 3 rings (SSSR count). The first kappa shape index (κ1) is 17.4. The highest BCUT2D eigenvalue weighted by molar-refractivity contribution is 5.78. The van der Waals surface area contributed by atoms with Gasteiger partial charge < -0.3 is 25.0 Å². The molecule has 1 atom stereocenters. The van der Waals surface area contributed by atoms with Gasteiger partial charge in [0.15, 0.2) is 0 Å². The van der Waals surface area contributed by atoms with Gasteiger partial charge in [-0.2, -0.15) is 0 Å². The minimum atomic E-state index is -0.201. The maximum absolute atomic E-state index is 12.0. The molecule has 7 nitrogen and oxygen atoms in total. The molecule has 136 valence electrons. The number of carbonyl (C=O) groups excluding carboxylic acids is 2. The van der Waals surface area contributed by atoms with Crippen molar-refractivity contribution in [3.63, 3.8) is 0 Å².